The number of hydrogen-bond donors (Lipinski definition) is 2. The Balaban J connectivity index is 2.44. The predicted octanol–water partition coefficient (Wildman–Crippen LogP) is 2.02. The highest BCUT2D eigenvalue weighted by molar-refractivity contribution is 8.26. The Labute approximate surface area is 100 Å². The molecule has 3 nitrogen and oxygen atoms in total. The average Bonchev–Trinajstić information content (AvgIpc) is 2.51. The zero-order valence-corrected chi connectivity index (χ0v) is 9.49. The molecule has 0 bridgehead atoms. The molecule has 1 aromatic carbocycles. The van der Waals surface area contributed by atoms with Crippen LogP contribution in [0.25, 0.3) is 6.08 Å². The average molecular weight is 255 g/mol. The van der Waals surface area contributed by atoms with Crippen LogP contribution in [0, 0.1) is 5.82 Å². The van der Waals surface area contributed by atoms with Crippen molar-refractivity contribution < 1.29 is 14.3 Å². The van der Waals surface area contributed by atoms with E-state index in [2.05, 4.69) is 5.32 Å². The first-order valence-corrected chi connectivity index (χ1v) is 5.53. The summed E-state index contributed by atoms with van der Waals surface area (Å²) in [5.74, 6) is -1.17. The van der Waals surface area contributed by atoms with Crippen molar-refractivity contribution in [3.63, 3.8) is 0 Å². The van der Waals surface area contributed by atoms with Crippen molar-refractivity contribution in [3.05, 3.63) is 34.5 Å². The van der Waals surface area contributed by atoms with E-state index in [9.17, 15) is 14.3 Å². The van der Waals surface area contributed by atoms with Crippen molar-refractivity contribution in [3.8, 4) is 5.75 Å². The Morgan fingerprint density at radius 2 is 2.25 bits per heavy atom. The lowest BCUT2D eigenvalue weighted by Gasteiger charge is -2.00. The van der Waals surface area contributed by atoms with Gasteiger partial charge in [0.25, 0.3) is 5.91 Å². The lowest BCUT2D eigenvalue weighted by atomic mass is 10.1. The Morgan fingerprint density at radius 1 is 1.50 bits per heavy atom. The fourth-order valence-electron chi connectivity index (χ4n) is 1.22. The SMILES string of the molecule is O=C1NC(=S)S/C1=C\c1c(O)cccc1F. The molecule has 0 unspecified atom stereocenters. The molecule has 0 spiro atoms. The van der Waals surface area contributed by atoms with Gasteiger partial charge in [-0.2, -0.15) is 0 Å². The molecular weight excluding hydrogens is 249 g/mol. The second-order valence-electron chi connectivity index (χ2n) is 3.02. The van der Waals surface area contributed by atoms with Gasteiger partial charge in [0, 0.05) is 0 Å². The maximum atomic E-state index is 13.3. The maximum Gasteiger partial charge on any atom is 0.263 e. The molecule has 1 saturated heterocycles. The third-order valence-electron chi connectivity index (χ3n) is 1.95. The normalized spacial score (nSPS) is 17.9. The van der Waals surface area contributed by atoms with E-state index in [1.807, 2.05) is 0 Å². The van der Waals surface area contributed by atoms with E-state index < -0.39 is 5.82 Å². The van der Waals surface area contributed by atoms with Crippen LogP contribution in [0.5, 0.6) is 5.75 Å². The van der Waals surface area contributed by atoms with E-state index in [-0.39, 0.29) is 22.1 Å². The zero-order valence-electron chi connectivity index (χ0n) is 7.86. The summed E-state index contributed by atoms with van der Waals surface area (Å²) >= 11 is 5.83. The van der Waals surface area contributed by atoms with Gasteiger partial charge in [-0.05, 0) is 18.2 Å². The summed E-state index contributed by atoms with van der Waals surface area (Å²) in [5.41, 5.74) is -0.00940. The van der Waals surface area contributed by atoms with E-state index in [1.54, 1.807) is 0 Å². The number of thiocarbonyl (C=S) groups is 1. The van der Waals surface area contributed by atoms with Crippen LogP contribution < -0.4 is 5.32 Å². The molecule has 1 aliphatic heterocycles. The summed E-state index contributed by atoms with van der Waals surface area (Å²) in [6.07, 6.45) is 1.28. The van der Waals surface area contributed by atoms with Crippen molar-refractivity contribution in [2.75, 3.05) is 0 Å². The minimum Gasteiger partial charge on any atom is -0.507 e. The Morgan fingerprint density at radius 3 is 2.81 bits per heavy atom. The quantitative estimate of drug-likeness (QED) is 0.595. The number of carbonyl (C=O) groups excluding carboxylic acids is 1. The Hall–Kier alpha value is -1.40. The van der Waals surface area contributed by atoms with Gasteiger partial charge in [0.05, 0.1) is 10.5 Å². The van der Waals surface area contributed by atoms with Gasteiger partial charge in [0.1, 0.15) is 15.9 Å². The van der Waals surface area contributed by atoms with Crippen molar-refractivity contribution in [1.82, 2.24) is 5.32 Å². The van der Waals surface area contributed by atoms with Crippen molar-refractivity contribution in [2.24, 2.45) is 0 Å². The second-order valence-corrected chi connectivity index (χ2v) is 4.74. The fourth-order valence-corrected chi connectivity index (χ4v) is 2.25. The summed E-state index contributed by atoms with van der Waals surface area (Å²) < 4.78 is 13.7. The number of thioether (sulfide) groups is 1. The molecular formula is C10H6FNO2S2. The molecule has 16 heavy (non-hydrogen) atoms. The molecule has 0 atom stereocenters. The molecule has 0 aliphatic carbocycles. The summed E-state index contributed by atoms with van der Waals surface area (Å²) in [4.78, 5) is 11.6. The molecule has 1 heterocycles. The molecule has 1 fully saturated rings. The monoisotopic (exact) mass is 255 g/mol. The van der Waals surface area contributed by atoms with Crippen molar-refractivity contribution in [2.45, 2.75) is 0 Å². The fraction of sp³-hybridized carbons (Fsp3) is 0. The topological polar surface area (TPSA) is 49.3 Å². The van der Waals surface area contributed by atoms with Crippen LogP contribution in [0.15, 0.2) is 23.1 Å². The van der Waals surface area contributed by atoms with Crippen LogP contribution >= 0.6 is 24.0 Å². The number of carbonyl (C=O) groups is 1. The third kappa shape index (κ3) is 2.07. The minimum atomic E-state index is -0.585. The van der Waals surface area contributed by atoms with Crippen LogP contribution in [0.4, 0.5) is 4.39 Å². The first-order chi connectivity index (χ1) is 7.58. The molecule has 2 N–H and O–H groups in total. The molecule has 6 heteroatoms. The summed E-state index contributed by atoms with van der Waals surface area (Å²) in [7, 11) is 0. The van der Waals surface area contributed by atoms with Gasteiger partial charge in [-0.3, -0.25) is 4.79 Å². The summed E-state index contributed by atoms with van der Waals surface area (Å²) in [6, 6.07) is 3.95. The smallest absolute Gasteiger partial charge is 0.263 e. The first-order valence-electron chi connectivity index (χ1n) is 4.30. The largest absolute Gasteiger partial charge is 0.507 e. The van der Waals surface area contributed by atoms with E-state index >= 15 is 0 Å². The summed E-state index contributed by atoms with van der Waals surface area (Å²) in [5, 5.41) is 11.9. The molecule has 0 aromatic heterocycles. The van der Waals surface area contributed by atoms with Crippen LogP contribution in [-0.4, -0.2) is 15.3 Å². The third-order valence-corrected chi connectivity index (χ3v) is 3.11. The number of rotatable bonds is 1. The van der Waals surface area contributed by atoms with E-state index in [0.29, 0.717) is 4.32 Å². The standard InChI is InChI=1S/C10H6FNO2S2/c11-6-2-1-3-7(13)5(6)4-8-9(14)12-10(15)16-8/h1-4,13H,(H,12,14,15)/b8-4-. The van der Waals surface area contributed by atoms with Gasteiger partial charge in [-0.25, -0.2) is 4.39 Å². The van der Waals surface area contributed by atoms with Gasteiger partial charge in [-0.1, -0.05) is 30.0 Å². The number of phenolic OH excluding ortho intramolecular Hbond substituents is 1. The minimum absolute atomic E-state index is 0.00940. The number of aromatic hydroxyl groups is 1. The molecule has 1 amide bonds. The van der Waals surface area contributed by atoms with Crippen molar-refractivity contribution >= 4 is 40.3 Å². The maximum absolute atomic E-state index is 13.3. The van der Waals surface area contributed by atoms with Crippen molar-refractivity contribution in [1.29, 1.82) is 0 Å². The molecule has 0 saturated carbocycles. The van der Waals surface area contributed by atoms with Gasteiger partial charge >= 0.3 is 0 Å². The van der Waals surface area contributed by atoms with Crippen LogP contribution in [0.2, 0.25) is 0 Å². The number of nitrogens with one attached hydrogen (secondary N) is 1. The van der Waals surface area contributed by atoms with Gasteiger partial charge in [0.2, 0.25) is 0 Å². The highest BCUT2D eigenvalue weighted by atomic mass is 32.2. The summed E-state index contributed by atoms with van der Waals surface area (Å²) in [6.45, 7) is 0. The number of halogens is 1. The highest BCUT2D eigenvalue weighted by Gasteiger charge is 2.23. The van der Waals surface area contributed by atoms with Crippen LogP contribution in [0.3, 0.4) is 0 Å². The number of amides is 1. The molecule has 1 aliphatic rings. The molecule has 0 radical (unpaired) electrons. The Bertz CT molecular complexity index is 493. The lowest BCUT2D eigenvalue weighted by Crippen LogP contribution is -2.17. The number of benzene rings is 1. The first kappa shape index (κ1) is 11.1. The van der Waals surface area contributed by atoms with E-state index in [1.165, 1.54) is 24.3 Å². The second kappa shape index (κ2) is 4.23. The van der Waals surface area contributed by atoms with E-state index in [0.717, 1.165) is 11.8 Å². The van der Waals surface area contributed by atoms with Gasteiger partial charge < -0.3 is 10.4 Å². The van der Waals surface area contributed by atoms with E-state index in [4.69, 9.17) is 12.2 Å². The van der Waals surface area contributed by atoms with Gasteiger partial charge in [-0.15, -0.1) is 0 Å². The lowest BCUT2D eigenvalue weighted by molar-refractivity contribution is -0.115. The highest BCUT2D eigenvalue weighted by Crippen LogP contribution is 2.29. The molecule has 1 aromatic rings. The van der Waals surface area contributed by atoms with Crippen LogP contribution in [-0.2, 0) is 4.79 Å². The molecule has 82 valence electrons. The number of hydrogen-bond acceptors (Lipinski definition) is 4. The zero-order chi connectivity index (χ0) is 11.7. The van der Waals surface area contributed by atoms with Crippen LogP contribution in [0.1, 0.15) is 5.56 Å². The predicted molar refractivity (Wildman–Crippen MR) is 64.4 cm³/mol. The molecule has 2 rings (SSSR count). The Kier molecular flexibility index (Phi) is 2.93. The van der Waals surface area contributed by atoms with Gasteiger partial charge in [0.15, 0.2) is 0 Å². The number of phenols is 1.